The van der Waals surface area contributed by atoms with Crippen LogP contribution in [0.4, 0.5) is 0 Å². The van der Waals surface area contributed by atoms with E-state index in [0.29, 0.717) is 24.2 Å². The molecule has 2 aromatic rings. The SMILES string of the molecule is CCc1ccccc1OC1CN(C(=O)c2ccc(C#N)cc2)C1. The van der Waals surface area contributed by atoms with E-state index in [1.807, 2.05) is 18.2 Å². The van der Waals surface area contributed by atoms with Gasteiger partial charge in [-0.1, -0.05) is 25.1 Å². The minimum atomic E-state index is -0.0156. The van der Waals surface area contributed by atoms with Gasteiger partial charge in [0.05, 0.1) is 24.7 Å². The maximum atomic E-state index is 12.3. The third-order valence-electron chi connectivity index (χ3n) is 4.04. The van der Waals surface area contributed by atoms with Crippen LogP contribution in [-0.4, -0.2) is 30.0 Å². The molecule has 23 heavy (non-hydrogen) atoms. The van der Waals surface area contributed by atoms with Crippen molar-refractivity contribution in [3.63, 3.8) is 0 Å². The molecule has 0 bridgehead atoms. The molecule has 3 rings (SSSR count). The molecule has 2 aromatic carbocycles. The van der Waals surface area contributed by atoms with E-state index in [4.69, 9.17) is 10.00 Å². The highest BCUT2D eigenvalue weighted by Gasteiger charge is 2.33. The molecule has 1 fully saturated rings. The van der Waals surface area contributed by atoms with Gasteiger partial charge in [0.1, 0.15) is 11.9 Å². The number of likely N-dealkylation sites (tertiary alicyclic amines) is 1. The molecule has 1 aliphatic rings. The Morgan fingerprint density at radius 2 is 1.91 bits per heavy atom. The maximum Gasteiger partial charge on any atom is 0.254 e. The Morgan fingerprint density at radius 3 is 2.57 bits per heavy atom. The zero-order chi connectivity index (χ0) is 16.2. The van der Waals surface area contributed by atoms with Gasteiger partial charge in [0.25, 0.3) is 5.91 Å². The van der Waals surface area contributed by atoms with Crippen molar-refractivity contribution in [3.05, 3.63) is 65.2 Å². The number of amides is 1. The van der Waals surface area contributed by atoms with Gasteiger partial charge in [-0.25, -0.2) is 0 Å². The van der Waals surface area contributed by atoms with Gasteiger partial charge < -0.3 is 9.64 Å². The number of hydrogen-bond acceptors (Lipinski definition) is 3. The number of hydrogen-bond donors (Lipinski definition) is 0. The van der Waals surface area contributed by atoms with Crippen molar-refractivity contribution >= 4 is 5.91 Å². The summed E-state index contributed by atoms with van der Waals surface area (Å²) in [6.45, 7) is 3.29. The molecule has 116 valence electrons. The Hall–Kier alpha value is -2.80. The highest BCUT2D eigenvalue weighted by molar-refractivity contribution is 5.94. The lowest BCUT2D eigenvalue weighted by molar-refractivity contribution is 0.0174. The van der Waals surface area contributed by atoms with E-state index in [0.717, 1.165) is 12.2 Å². The van der Waals surface area contributed by atoms with Gasteiger partial charge in [0, 0.05) is 5.56 Å². The minimum absolute atomic E-state index is 0.0156. The van der Waals surface area contributed by atoms with Crippen molar-refractivity contribution in [1.82, 2.24) is 4.90 Å². The maximum absolute atomic E-state index is 12.3. The summed E-state index contributed by atoms with van der Waals surface area (Å²) in [5.74, 6) is 0.892. The summed E-state index contributed by atoms with van der Waals surface area (Å²) in [7, 11) is 0. The van der Waals surface area contributed by atoms with Crippen LogP contribution in [-0.2, 0) is 6.42 Å². The van der Waals surface area contributed by atoms with Crippen molar-refractivity contribution in [2.45, 2.75) is 19.4 Å². The summed E-state index contributed by atoms with van der Waals surface area (Å²) >= 11 is 0. The fourth-order valence-electron chi connectivity index (χ4n) is 2.64. The van der Waals surface area contributed by atoms with Crippen molar-refractivity contribution in [2.24, 2.45) is 0 Å². The number of benzene rings is 2. The van der Waals surface area contributed by atoms with E-state index in [1.165, 1.54) is 5.56 Å². The number of aryl methyl sites for hydroxylation is 1. The topological polar surface area (TPSA) is 53.3 Å². The smallest absolute Gasteiger partial charge is 0.254 e. The number of rotatable bonds is 4. The van der Waals surface area contributed by atoms with Gasteiger partial charge in [-0.2, -0.15) is 5.26 Å². The zero-order valence-electron chi connectivity index (χ0n) is 13.0. The Morgan fingerprint density at radius 1 is 1.22 bits per heavy atom. The second kappa shape index (κ2) is 6.53. The molecule has 0 saturated carbocycles. The van der Waals surface area contributed by atoms with E-state index in [2.05, 4.69) is 19.1 Å². The third kappa shape index (κ3) is 3.19. The lowest BCUT2D eigenvalue weighted by Crippen LogP contribution is -2.56. The molecule has 4 nitrogen and oxygen atoms in total. The first-order valence-electron chi connectivity index (χ1n) is 7.75. The number of carbonyl (C=O) groups excluding carboxylic acids is 1. The predicted octanol–water partition coefficient (Wildman–Crippen LogP) is 3.02. The van der Waals surface area contributed by atoms with Crippen LogP contribution >= 0.6 is 0 Å². The number of para-hydroxylation sites is 1. The molecule has 0 radical (unpaired) electrons. The second-order valence-corrected chi connectivity index (χ2v) is 5.60. The van der Waals surface area contributed by atoms with E-state index in [9.17, 15) is 4.79 Å². The average molecular weight is 306 g/mol. The summed E-state index contributed by atoms with van der Waals surface area (Å²) in [5.41, 5.74) is 2.35. The van der Waals surface area contributed by atoms with Crippen molar-refractivity contribution in [2.75, 3.05) is 13.1 Å². The van der Waals surface area contributed by atoms with Crippen LogP contribution in [0.15, 0.2) is 48.5 Å². The summed E-state index contributed by atoms with van der Waals surface area (Å²) in [4.78, 5) is 14.1. The van der Waals surface area contributed by atoms with Gasteiger partial charge in [-0.15, -0.1) is 0 Å². The van der Waals surface area contributed by atoms with Crippen LogP contribution in [0.3, 0.4) is 0 Å². The monoisotopic (exact) mass is 306 g/mol. The fourth-order valence-corrected chi connectivity index (χ4v) is 2.64. The Kier molecular flexibility index (Phi) is 4.29. The molecule has 1 heterocycles. The summed E-state index contributed by atoms with van der Waals surface area (Å²) in [5, 5.41) is 8.79. The van der Waals surface area contributed by atoms with E-state index in [1.54, 1.807) is 29.2 Å². The van der Waals surface area contributed by atoms with Crippen LogP contribution in [0, 0.1) is 11.3 Å². The molecular formula is C19H18N2O2. The van der Waals surface area contributed by atoms with Crippen molar-refractivity contribution in [3.8, 4) is 11.8 Å². The molecule has 0 aliphatic carbocycles. The average Bonchev–Trinajstić information content (AvgIpc) is 2.57. The number of nitriles is 1. The number of ether oxygens (including phenoxy) is 1. The Balaban J connectivity index is 1.58. The molecule has 1 saturated heterocycles. The van der Waals surface area contributed by atoms with Gasteiger partial charge in [0.15, 0.2) is 0 Å². The molecule has 0 aromatic heterocycles. The lowest BCUT2D eigenvalue weighted by Gasteiger charge is -2.39. The molecule has 0 spiro atoms. The van der Waals surface area contributed by atoms with Crippen LogP contribution < -0.4 is 4.74 Å². The molecule has 0 N–H and O–H groups in total. The van der Waals surface area contributed by atoms with Crippen molar-refractivity contribution in [1.29, 1.82) is 5.26 Å². The first-order chi connectivity index (χ1) is 11.2. The van der Waals surface area contributed by atoms with Crippen molar-refractivity contribution < 1.29 is 9.53 Å². The highest BCUT2D eigenvalue weighted by Crippen LogP contribution is 2.24. The number of carbonyl (C=O) groups is 1. The van der Waals surface area contributed by atoms with E-state index < -0.39 is 0 Å². The molecule has 4 heteroatoms. The first kappa shape index (κ1) is 15.1. The normalized spacial score (nSPS) is 14.0. The predicted molar refractivity (Wildman–Crippen MR) is 87.3 cm³/mol. The Labute approximate surface area is 135 Å². The molecule has 1 amide bonds. The van der Waals surface area contributed by atoms with Crippen LogP contribution in [0.2, 0.25) is 0 Å². The zero-order valence-corrected chi connectivity index (χ0v) is 13.0. The van der Waals surface area contributed by atoms with E-state index >= 15 is 0 Å². The van der Waals surface area contributed by atoms with Gasteiger partial charge in [0.2, 0.25) is 0 Å². The van der Waals surface area contributed by atoms with Crippen LogP contribution in [0.25, 0.3) is 0 Å². The standard InChI is InChI=1S/C19H18N2O2/c1-2-15-5-3-4-6-18(15)23-17-12-21(13-17)19(22)16-9-7-14(11-20)8-10-16/h3-10,17H,2,12-13H2,1H3. The lowest BCUT2D eigenvalue weighted by atomic mass is 10.1. The third-order valence-corrected chi connectivity index (χ3v) is 4.04. The number of nitrogens with zero attached hydrogens (tertiary/aromatic N) is 2. The molecular weight excluding hydrogens is 288 g/mol. The van der Waals surface area contributed by atoms with Gasteiger partial charge in [-0.3, -0.25) is 4.79 Å². The first-order valence-corrected chi connectivity index (χ1v) is 7.75. The minimum Gasteiger partial charge on any atom is -0.486 e. The molecule has 0 unspecified atom stereocenters. The summed E-state index contributed by atoms with van der Waals surface area (Å²) < 4.78 is 5.99. The van der Waals surface area contributed by atoms with Crippen LogP contribution in [0.5, 0.6) is 5.75 Å². The largest absolute Gasteiger partial charge is 0.486 e. The second-order valence-electron chi connectivity index (χ2n) is 5.60. The van der Waals surface area contributed by atoms with Crippen LogP contribution in [0.1, 0.15) is 28.4 Å². The molecule has 0 atom stereocenters. The van der Waals surface area contributed by atoms with Gasteiger partial charge in [-0.05, 0) is 42.3 Å². The highest BCUT2D eigenvalue weighted by atomic mass is 16.5. The molecule has 1 aliphatic heterocycles. The fraction of sp³-hybridized carbons (Fsp3) is 0.263. The Bertz CT molecular complexity index is 741. The quantitative estimate of drug-likeness (QED) is 0.872. The van der Waals surface area contributed by atoms with Gasteiger partial charge >= 0.3 is 0 Å². The summed E-state index contributed by atoms with van der Waals surface area (Å²) in [6.07, 6.45) is 0.974. The summed E-state index contributed by atoms with van der Waals surface area (Å²) in [6, 6.07) is 16.8. The van der Waals surface area contributed by atoms with E-state index in [-0.39, 0.29) is 12.0 Å².